The summed E-state index contributed by atoms with van der Waals surface area (Å²) in [5.41, 5.74) is 0.874. The predicted molar refractivity (Wildman–Crippen MR) is 53.7 cm³/mol. The zero-order chi connectivity index (χ0) is 10.7. The van der Waals surface area contributed by atoms with Gasteiger partial charge in [0.25, 0.3) is 0 Å². The summed E-state index contributed by atoms with van der Waals surface area (Å²) in [4.78, 5) is 11.2. The first-order valence-corrected chi connectivity index (χ1v) is 4.42. The maximum atomic E-state index is 11.2. The lowest BCUT2D eigenvalue weighted by Gasteiger charge is -2.25. The average Bonchev–Trinajstić information content (AvgIpc) is 2.20. The van der Waals surface area contributed by atoms with Crippen LogP contribution in [0, 0.1) is 0 Å². The second-order valence-electron chi connectivity index (χ2n) is 3.00. The van der Waals surface area contributed by atoms with Crippen molar-refractivity contribution in [3.8, 4) is 0 Å². The molecule has 0 unspecified atom stereocenters. The van der Waals surface area contributed by atoms with E-state index in [-0.39, 0.29) is 0 Å². The molecule has 0 heterocycles. The topological polar surface area (TPSA) is 55.8 Å². The molecule has 0 saturated carbocycles. The number of carbonyl (C=O) groups excluding carboxylic acids is 1. The van der Waals surface area contributed by atoms with Gasteiger partial charge >= 0.3 is 5.97 Å². The van der Waals surface area contributed by atoms with Crippen LogP contribution in [0.5, 0.6) is 0 Å². The Morgan fingerprint density at radius 2 is 2.43 bits per heavy atom. The molecule has 0 aliphatic heterocycles. The Labute approximate surface area is 87.8 Å². The van der Waals surface area contributed by atoms with Gasteiger partial charge in [0.15, 0.2) is 0 Å². The van der Waals surface area contributed by atoms with Gasteiger partial charge in [-0.1, -0.05) is 6.58 Å². The molecule has 0 fully saturated rings. The molecule has 0 bridgehead atoms. The molecule has 78 valence electrons. The monoisotopic (exact) mass is 216 g/mol. The molecule has 1 N–H and O–H groups in total. The van der Waals surface area contributed by atoms with Crippen molar-refractivity contribution in [2.75, 3.05) is 7.11 Å². The third kappa shape index (κ3) is 2.17. The first-order valence-electron chi connectivity index (χ1n) is 4.06. The summed E-state index contributed by atoms with van der Waals surface area (Å²) in [6.45, 7) is 3.65. The first-order chi connectivity index (χ1) is 6.60. The Morgan fingerprint density at radius 1 is 1.79 bits per heavy atom. The number of thiol groups is 1. The van der Waals surface area contributed by atoms with Crippen LogP contribution in [-0.4, -0.2) is 30.4 Å². The van der Waals surface area contributed by atoms with Gasteiger partial charge in [-0.05, 0) is 24.6 Å². The SMILES string of the molecule is C=C1[C@H](O)C=C(C(=O)OC)C[C@H]1OS. The van der Waals surface area contributed by atoms with E-state index in [1.54, 1.807) is 0 Å². The van der Waals surface area contributed by atoms with Gasteiger partial charge in [0.05, 0.1) is 19.3 Å². The van der Waals surface area contributed by atoms with Crippen LogP contribution in [0.4, 0.5) is 0 Å². The number of hydrogen-bond acceptors (Lipinski definition) is 5. The van der Waals surface area contributed by atoms with E-state index >= 15 is 0 Å². The van der Waals surface area contributed by atoms with E-state index in [0.29, 0.717) is 17.6 Å². The number of esters is 1. The Balaban J connectivity index is 2.85. The van der Waals surface area contributed by atoms with Crippen LogP contribution in [0.15, 0.2) is 23.8 Å². The largest absolute Gasteiger partial charge is 0.466 e. The number of ether oxygens (including phenoxy) is 1. The third-order valence-corrected chi connectivity index (χ3v) is 2.39. The van der Waals surface area contributed by atoms with Crippen LogP contribution in [0.25, 0.3) is 0 Å². The lowest BCUT2D eigenvalue weighted by molar-refractivity contribution is -0.136. The number of methoxy groups -OCH3 is 1. The lowest BCUT2D eigenvalue weighted by atomic mass is 9.91. The maximum absolute atomic E-state index is 11.2. The van der Waals surface area contributed by atoms with Gasteiger partial charge in [-0.2, -0.15) is 0 Å². The van der Waals surface area contributed by atoms with E-state index in [1.165, 1.54) is 13.2 Å². The minimum absolute atomic E-state index is 0.325. The molecule has 0 aromatic carbocycles. The smallest absolute Gasteiger partial charge is 0.333 e. The second kappa shape index (κ2) is 4.63. The quantitative estimate of drug-likeness (QED) is 0.308. The predicted octanol–water partition coefficient (Wildman–Crippen LogP) is 0.637. The summed E-state index contributed by atoms with van der Waals surface area (Å²) in [6, 6.07) is 0. The minimum Gasteiger partial charge on any atom is -0.466 e. The standard InChI is InChI=1S/C9H12O4S/c1-5-7(10)3-6(9(11)12-2)4-8(5)13-14/h3,7-8,10,14H,1,4H2,2H3/t7-,8-/m1/s1. The van der Waals surface area contributed by atoms with Gasteiger partial charge in [-0.15, -0.1) is 0 Å². The maximum Gasteiger partial charge on any atom is 0.333 e. The fraction of sp³-hybridized carbons (Fsp3) is 0.444. The van der Waals surface area contributed by atoms with Crippen molar-refractivity contribution >= 4 is 18.9 Å². The Kier molecular flexibility index (Phi) is 3.74. The van der Waals surface area contributed by atoms with Gasteiger partial charge in [-0.3, -0.25) is 0 Å². The fourth-order valence-corrected chi connectivity index (χ4v) is 1.48. The number of aliphatic hydroxyl groups is 1. The number of carbonyl (C=O) groups is 1. The van der Waals surface area contributed by atoms with Crippen LogP contribution >= 0.6 is 12.9 Å². The van der Waals surface area contributed by atoms with E-state index < -0.39 is 18.2 Å². The van der Waals surface area contributed by atoms with E-state index in [2.05, 4.69) is 24.2 Å². The molecular formula is C9H12O4S. The molecular weight excluding hydrogens is 204 g/mol. The molecule has 1 rings (SSSR count). The highest BCUT2D eigenvalue weighted by molar-refractivity contribution is 7.75. The summed E-state index contributed by atoms with van der Waals surface area (Å²) >= 11 is 3.65. The van der Waals surface area contributed by atoms with Crippen molar-refractivity contribution < 1.29 is 18.8 Å². The highest BCUT2D eigenvalue weighted by Crippen LogP contribution is 2.26. The van der Waals surface area contributed by atoms with Crippen molar-refractivity contribution in [3.05, 3.63) is 23.8 Å². The summed E-state index contributed by atoms with van der Waals surface area (Å²) in [7, 11) is 1.29. The van der Waals surface area contributed by atoms with Crippen molar-refractivity contribution in [1.82, 2.24) is 0 Å². The minimum atomic E-state index is -0.880. The molecule has 1 aliphatic rings. The zero-order valence-corrected chi connectivity index (χ0v) is 8.66. The van der Waals surface area contributed by atoms with E-state index in [0.717, 1.165) is 0 Å². The van der Waals surface area contributed by atoms with E-state index in [1.807, 2.05) is 0 Å². The summed E-state index contributed by atoms with van der Waals surface area (Å²) in [6.07, 6.45) is 0.409. The van der Waals surface area contributed by atoms with Gasteiger partial charge in [-0.25, -0.2) is 4.79 Å². The van der Waals surface area contributed by atoms with Crippen molar-refractivity contribution in [2.24, 2.45) is 0 Å². The lowest BCUT2D eigenvalue weighted by Crippen LogP contribution is -2.28. The van der Waals surface area contributed by atoms with Crippen LogP contribution in [0.3, 0.4) is 0 Å². The molecule has 0 aromatic heterocycles. The molecule has 5 heteroatoms. The number of rotatable bonds is 2. The summed E-state index contributed by atoms with van der Waals surface area (Å²) in [5.74, 6) is -0.466. The fourth-order valence-electron chi connectivity index (χ4n) is 1.27. The van der Waals surface area contributed by atoms with Crippen LogP contribution in [0.2, 0.25) is 0 Å². The van der Waals surface area contributed by atoms with E-state index in [4.69, 9.17) is 4.18 Å². The second-order valence-corrected chi connectivity index (χ2v) is 3.21. The molecule has 0 saturated heterocycles. The number of hydrogen-bond donors (Lipinski definition) is 2. The van der Waals surface area contributed by atoms with Crippen molar-refractivity contribution in [1.29, 1.82) is 0 Å². The normalized spacial score (nSPS) is 27.1. The van der Waals surface area contributed by atoms with Crippen LogP contribution in [-0.2, 0) is 13.7 Å². The summed E-state index contributed by atoms with van der Waals surface area (Å²) in [5, 5.41) is 9.50. The van der Waals surface area contributed by atoms with Crippen molar-refractivity contribution in [3.63, 3.8) is 0 Å². The molecule has 14 heavy (non-hydrogen) atoms. The average molecular weight is 216 g/mol. The van der Waals surface area contributed by atoms with Gasteiger partial charge < -0.3 is 14.0 Å². The molecule has 4 nitrogen and oxygen atoms in total. The van der Waals surface area contributed by atoms with Gasteiger partial charge in [0.1, 0.15) is 0 Å². The van der Waals surface area contributed by atoms with E-state index in [9.17, 15) is 9.90 Å². The Morgan fingerprint density at radius 3 is 2.93 bits per heavy atom. The third-order valence-electron chi connectivity index (χ3n) is 2.13. The van der Waals surface area contributed by atoms with Crippen LogP contribution in [0.1, 0.15) is 6.42 Å². The zero-order valence-electron chi connectivity index (χ0n) is 7.77. The highest BCUT2D eigenvalue weighted by atomic mass is 32.1. The molecule has 0 amide bonds. The summed E-state index contributed by atoms with van der Waals surface area (Å²) < 4.78 is 9.32. The molecule has 0 radical (unpaired) electrons. The first kappa shape index (κ1) is 11.3. The molecule has 2 atom stereocenters. The van der Waals surface area contributed by atoms with Gasteiger partial charge in [0, 0.05) is 12.0 Å². The number of aliphatic hydroxyl groups excluding tert-OH is 1. The van der Waals surface area contributed by atoms with Crippen molar-refractivity contribution in [2.45, 2.75) is 18.6 Å². The molecule has 0 spiro atoms. The molecule has 0 aromatic rings. The Bertz CT molecular complexity index is 285. The Hall–Kier alpha value is -0.780. The molecule has 1 aliphatic carbocycles. The highest BCUT2D eigenvalue weighted by Gasteiger charge is 2.28. The van der Waals surface area contributed by atoms with Crippen LogP contribution < -0.4 is 0 Å². The van der Waals surface area contributed by atoms with Gasteiger partial charge in [0.2, 0.25) is 0 Å².